The van der Waals surface area contributed by atoms with Crippen LogP contribution in [0.1, 0.15) is 56.8 Å². The molecule has 7 nitrogen and oxygen atoms in total. The van der Waals surface area contributed by atoms with Crippen LogP contribution in [0, 0.1) is 23.7 Å². The highest BCUT2D eigenvalue weighted by atomic mass is 17.3. The van der Waals surface area contributed by atoms with Crippen LogP contribution in [0.2, 0.25) is 0 Å². The van der Waals surface area contributed by atoms with Gasteiger partial charge in [0.2, 0.25) is 12.1 Å². The Morgan fingerprint density at radius 1 is 1.21 bits per heavy atom. The van der Waals surface area contributed by atoms with Crippen LogP contribution in [-0.2, 0) is 24.0 Å². The molecule has 28 heavy (non-hydrogen) atoms. The van der Waals surface area contributed by atoms with Crippen molar-refractivity contribution in [2.24, 2.45) is 23.7 Å². The molecule has 0 amide bonds. The van der Waals surface area contributed by atoms with Crippen LogP contribution in [0.5, 0.6) is 0 Å². The van der Waals surface area contributed by atoms with Crippen molar-refractivity contribution in [3.63, 3.8) is 0 Å². The largest absolute Gasteiger partial charge is 0.432 e. The molecule has 1 spiro atoms. The number of pyridine rings is 1. The van der Waals surface area contributed by atoms with Crippen LogP contribution in [-0.4, -0.2) is 34.9 Å². The number of carbonyl (C=O) groups is 1. The summed E-state index contributed by atoms with van der Waals surface area (Å²) < 4.78 is 18.3. The molecule has 8 atom stereocenters. The Hall–Kier alpha value is -1.54. The molecular weight excluding hydrogens is 362 g/mol. The van der Waals surface area contributed by atoms with E-state index >= 15 is 0 Å². The third-order valence-corrected chi connectivity index (χ3v) is 7.22. The van der Waals surface area contributed by atoms with Crippen LogP contribution in [0.4, 0.5) is 0 Å². The van der Waals surface area contributed by atoms with Gasteiger partial charge in [0.1, 0.15) is 0 Å². The number of rotatable bonds is 2. The van der Waals surface area contributed by atoms with Gasteiger partial charge in [-0.1, -0.05) is 13.8 Å². The van der Waals surface area contributed by atoms with Crippen molar-refractivity contribution in [3.8, 4) is 0 Å². The highest BCUT2D eigenvalue weighted by molar-refractivity contribution is 5.89. The predicted molar refractivity (Wildman–Crippen MR) is 96.5 cm³/mol. The molecule has 1 saturated carbocycles. The van der Waals surface area contributed by atoms with Crippen molar-refractivity contribution in [2.75, 3.05) is 0 Å². The van der Waals surface area contributed by atoms with E-state index < -0.39 is 29.9 Å². The fourth-order valence-corrected chi connectivity index (χ4v) is 5.66. The number of ether oxygens (including phenoxy) is 3. The first kappa shape index (κ1) is 18.5. The van der Waals surface area contributed by atoms with Crippen molar-refractivity contribution in [1.82, 2.24) is 4.98 Å². The second-order valence-electron chi connectivity index (χ2n) is 8.92. The van der Waals surface area contributed by atoms with Crippen LogP contribution in [0.15, 0.2) is 24.5 Å². The molecule has 5 fully saturated rings. The van der Waals surface area contributed by atoms with Gasteiger partial charge in [0.25, 0.3) is 0 Å². The molecule has 1 aliphatic carbocycles. The Labute approximate surface area is 164 Å². The third kappa shape index (κ3) is 2.64. The number of aromatic nitrogens is 1. The summed E-state index contributed by atoms with van der Waals surface area (Å²) in [6, 6.07) is 3.40. The molecule has 7 heteroatoms. The van der Waals surface area contributed by atoms with E-state index in [0.717, 1.165) is 25.7 Å². The summed E-state index contributed by atoms with van der Waals surface area (Å²) in [6.07, 6.45) is 5.60. The van der Waals surface area contributed by atoms with Crippen molar-refractivity contribution < 1.29 is 28.8 Å². The summed E-state index contributed by atoms with van der Waals surface area (Å²) in [5, 5.41) is 0. The first-order chi connectivity index (χ1) is 13.4. The first-order valence-corrected chi connectivity index (χ1v) is 10.2. The smallest absolute Gasteiger partial charge is 0.342 e. The monoisotopic (exact) mass is 389 g/mol. The Kier molecular flexibility index (Phi) is 4.28. The van der Waals surface area contributed by atoms with E-state index in [1.165, 1.54) is 6.20 Å². The van der Waals surface area contributed by atoms with E-state index in [4.69, 9.17) is 24.0 Å². The number of hydrogen-bond donors (Lipinski definition) is 0. The Bertz CT molecular complexity index is 759. The normalized spacial score (nSPS) is 47.1. The Morgan fingerprint density at radius 2 is 2.07 bits per heavy atom. The maximum absolute atomic E-state index is 12.6. The Balaban J connectivity index is 1.46. The molecule has 1 aromatic heterocycles. The van der Waals surface area contributed by atoms with Gasteiger partial charge in [-0.3, -0.25) is 4.98 Å². The van der Waals surface area contributed by atoms with Crippen molar-refractivity contribution in [1.29, 1.82) is 0 Å². The van der Waals surface area contributed by atoms with E-state index in [0.29, 0.717) is 11.5 Å². The van der Waals surface area contributed by atoms with Gasteiger partial charge in [-0.2, -0.15) is 0 Å². The molecule has 0 radical (unpaired) electrons. The van der Waals surface area contributed by atoms with Crippen LogP contribution in [0.3, 0.4) is 0 Å². The maximum atomic E-state index is 12.6. The highest BCUT2D eigenvalue weighted by Gasteiger charge is 2.69. The average molecular weight is 389 g/mol. The summed E-state index contributed by atoms with van der Waals surface area (Å²) in [5.74, 6) is -0.405. The van der Waals surface area contributed by atoms with Crippen molar-refractivity contribution in [3.05, 3.63) is 30.1 Å². The third-order valence-electron chi connectivity index (χ3n) is 7.22. The molecular formula is C21H27NO6. The molecule has 5 aliphatic rings. The minimum absolute atomic E-state index is 0.0403. The fourth-order valence-electron chi connectivity index (χ4n) is 5.66. The number of esters is 1. The van der Waals surface area contributed by atoms with Gasteiger partial charge in [-0.25, -0.2) is 14.6 Å². The topological polar surface area (TPSA) is 76.1 Å². The van der Waals surface area contributed by atoms with E-state index in [9.17, 15) is 4.79 Å². The summed E-state index contributed by atoms with van der Waals surface area (Å²) in [5.41, 5.74) is -0.242. The van der Waals surface area contributed by atoms with E-state index in [1.807, 2.05) is 6.92 Å². The summed E-state index contributed by atoms with van der Waals surface area (Å²) in [7, 11) is 0. The number of carbonyl (C=O) groups excluding carboxylic acids is 1. The van der Waals surface area contributed by atoms with Gasteiger partial charge in [0.05, 0.1) is 5.56 Å². The van der Waals surface area contributed by atoms with Gasteiger partial charge in [0.15, 0.2) is 11.9 Å². The van der Waals surface area contributed by atoms with Gasteiger partial charge < -0.3 is 14.2 Å². The molecule has 152 valence electrons. The van der Waals surface area contributed by atoms with Crippen LogP contribution in [0.25, 0.3) is 0 Å². The van der Waals surface area contributed by atoms with Crippen LogP contribution >= 0.6 is 0 Å². The zero-order valence-corrected chi connectivity index (χ0v) is 16.5. The van der Waals surface area contributed by atoms with Gasteiger partial charge in [-0.05, 0) is 50.2 Å². The van der Waals surface area contributed by atoms with Crippen molar-refractivity contribution in [2.45, 2.75) is 70.4 Å². The average Bonchev–Trinajstić information content (AvgIpc) is 2.92. The summed E-state index contributed by atoms with van der Waals surface area (Å²) in [6.45, 7) is 6.22. The second kappa shape index (κ2) is 6.49. The van der Waals surface area contributed by atoms with E-state index in [2.05, 4.69) is 18.8 Å². The number of fused-ring (bicyclic) bond motifs is 2. The lowest BCUT2D eigenvalue weighted by Crippen LogP contribution is -2.70. The quantitative estimate of drug-likeness (QED) is 0.566. The lowest BCUT2D eigenvalue weighted by molar-refractivity contribution is -0.576. The van der Waals surface area contributed by atoms with E-state index in [-0.39, 0.29) is 17.8 Å². The fraction of sp³-hybridized carbons (Fsp3) is 0.714. The molecule has 0 N–H and O–H groups in total. The predicted octanol–water partition coefficient (Wildman–Crippen LogP) is 3.45. The summed E-state index contributed by atoms with van der Waals surface area (Å²) >= 11 is 0. The van der Waals surface area contributed by atoms with E-state index in [1.54, 1.807) is 18.3 Å². The number of hydrogen-bond acceptors (Lipinski definition) is 7. The molecule has 4 saturated heterocycles. The maximum Gasteiger partial charge on any atom is 0.342 e. The number of nitrogens with zero attached hydrogens (tertiary/aromatic N) is 1. The zero-order valence-electron chi connectivity index (χ0n) is 16.5. The van der Waals surface area contributed by atoms with Crippen LogP contribution < -0.4 is 0 Å². The van der Waals surface area contributed by atoms with Gasteiger partial charge in [-0.15, -0.1) is 0 Å². The van der Waals surface area contributed by atoms with Gasteiger partial charge in [0, 0.05) is 30.7 Å². The molecule has 0 aromatic carbocycles. The highest BCUT2D eigenvalue weighted by Crippen LogP contribution is 2.60. The minimum atomic E-state index is -0.837. The standard InChI is InChI=1S/C21H27NO6/c1-12-6-7-16-13(2)18(24-17(23)14-5-4-10-22-11-14)25-19-21(16)15(12)8-9-20(3,26-19)27-28-21/h4-5,10-13,15-16,18-19H,6-9H2,1-3H3/t12-,13-,15+,16-,18+,19-,20-,21-/m1/s1. The van der Waals surface area contributed by atoms with Crippen molar-refractivity contribution >= 4 is 5.97 Å². The molecule has 2 bridgehead atoms. The zero-order chi connectivity index (χ0) is 19.5. The molecule has 0 unspecified atom stereocenters. The lowest BCUT2D eigenvalue weighted by atomic mass is 9.58. The SMILES string of the molecule is C[C@H]1[C@@H](OC(=O)c2cccnc2)O[C@@H]2O[C@@]3(C)CC[C@H]4[C@H](C)CC[C@H]1[C@@]24OO3. The van der Waals surface area contributed by atoms with Gasteiger partial charge >= 0.3 is 5.97 Å². The Morgan fingerprint density at radius 3 is 2.86 bits per heavy atom. The lowest BCUT2D eigenvalue weighted by Gasteiger charge is -2.59. The summed E-state index contributed by atoms with van der Waals surface area (Å²) in [4.78, 5) is 28.5. The second-order valence-corrected chi connectivity index (χ2v) is 8.92. The molecule has 5 heterocycles. The molecule has 1 aromatic rings. The molecule has 4 aliphatic heterocycles. The first-order valence-electron chi connectivity index (χ1n) is 10.2. The molecule has 6 rings (SSSR count). The minimum Gasteiger partial charge on any atom is -0.432 e.